The molecule has 1 N–H and O–H groups in total. The molecule has 33 heavy (non-hydrogen) atoms. The van der Waals surface area contributed by atoms with Gasteiger partial charge in [0.1, 0.15) is 5.75 Å². The van der Waals surface area contributed by atoms with Crippen LogP contribution in [0, 0.1) is 0 Å². The first-order valence-corrected chi connectivity index (χ1v) is 11.8. The van der Waals surface area contributed by atoms with Crippen molar-refractivity contribution in [3.8, 4) is 17.0 Å². The fraction of sp³-hybridized carbons (Fsp3) is 0.423. The first kappa shape index (κ1) is 23.1. The molecule has 2 aromatic heterocycles. The molecule has 174 valence electrons. The Labute approximate surface area is 195 Å². The van der Waals surface area contributed by atoms with Crippen molar-refractivity contribution in [1.82, 2.24) is 25.1 Å². The molecule has 1 aliphatic rings. The van der Waals surface area contributed by atoms with Gasteiger partial charge in [-0.1, -0.05) is 0 Å². The van der Waals surface area contributed by atoms with E-state index in [0.29, 0.717) is 24.2 Å². The fourth-order valence-electron chi connectivity index (χ4n) is 4.13. The Morgan fingerprint density at radius 1 is 1.09 bits per heavy atom. The number of fused-ring (bicyclic) bond motifs is 1. The molecule has 0 aliphatic carbocycles. The molecular formula is C26H33N5O2. The molecule has 1 fully saturated rings. The van der Waals surface area contributed by atoms with E-state index in [4.69, 9.17) is 9.72 Å². The van der Waals surface area contributed by atoms with Crippen LogP contribution in [-0.4, -0.2) is 78.6 Å². The Bertz CT molecular complexity index is 1060. The number of unbranched alkanes of at least 4 members (excludes halogenated alkanes) is 1. The van der Waals surface area contributed by atoms with E-state index >= 15 is 0 Å². The third-order valence-electron chi connectivity index (χ3n) is 6.10. The lowest BCUT2D eigenvalue weighted by molar-refractivity contribution is 0.0953. The number of likely N-dealkylation sites (N-methyl/N-ethyl adjacent to an activating group) is 1. The number of carbonyl (C=O) groups is 1. The van der Waals surface area contributed by atoms with E-state index in [9.17, 15) is 4.79 Å². The first-order valence-electron chi connectivity index (χ1n) is 11.8. The van der Waals surface area contributed by atoms with Crippen molar-refractivity contribution in [2.75, 3.05) is 52.9 Å². The number of nitrogens with one attached hydrogen (secondary N) is 1. The monoisotopic (exact) mass is 447 g/mol. The van der Waals surface area contributed by atoms with Gasteiger partial charge in [0.25, 0.3) is 5.91 Å². The van der Waals surface area contributed by atoms with Gasteiger partial charge in [-0.25, -0.2) is 4.98 Å². The van der Waals surface area contributed by atoms with Gasteiger partial charge in [-0.2, -0.15) is 0 Å². The molecule has 0 bridgehead atoms. The number of carbonyl (C=O) groups excluding carboxylic acids is 1. The highest BCUT2D eigenvalue weighted by Crippen LogP contribution is 2.26. The maximum Gasteiger partial charge on any atom is 0.252 e. The van der Waals surface area contributed by atoms with E-state index in [0.717, 1.165) is 68.0 Å². The second kappa shape index (κ2) is 11.2. The second-order valence-corrected chi connectivity index (χ2v) is 8.51. The molecular weight excluding hydrogens is 414 g/mol. The number of benzene rings is 1. The maximum atomic E-state index is 13.1. The number of rotatable bonds is 9. The zero-order valence-electron chi connectivity index (χ0n) is 19.6. The van der Waals surface area contributed by atoms with E-state index in [-0.39, 0.29) is 5.91 Å². The van der Waals surface area contributed by atoms with Gasteiger partial charge in [0.05, 0.1) is 29.6 Å². The highest BCUT2D eigenvalue weighted by molar-refractivity contribution is 6.07. The molecule has 0 radical (unpaired) electrons. The van der Waals surface area contributed by atoms with Gasteiger partial charge < -0.3 is 19.9 Å². The molecule has 4 rings (SSSR count). The second-order valence-electron chi connectivity index (χ2n) is 8.51. The third kappa shape index (κ3) is 6.06. The standard InChI is InChI=1S/C26H33N5O2/c1-3-33-21-8-6-20(7-9-21)24-18-23(22-10-12-27-19-25(22)29-24)26(32)28-11-4-5-13-31-16-14-30(2)15-17-31/h6-10,12,18-19H,3-5,11,13-17H2,1-2H3,(H,28,32). The third-order valence-corrected chi connectivity index (χ3v) is 6.10. The zero-order chi connectivity index (χ0) is 23.0. The van der Waals surface area contributed by atoms with Crippen LogP contribution in [-0.2, 0) is 0 Å². The lowest BCUT2D eigenvalue weighted by atomic mass is 10.0. The van der Waals surface area contributed by atoms with Crippen molar-refractivity contribution in [2.24, 2.45) is 0 Å². The summed E-state index contributed by atoms with van der Waals surface area (Å²) in [6, 6.07) is 11.5. The number of nitrogens with zero attached hydrogens (tertiary/aromatic N) is 4. The first-order chi connectivity index (χ1) is 16.1. The number of hydrogen-bond donors (Lipinski definition) is 1. The van der Waals surface area contributed by atoms with Gasteiger partial charge in [-0.3, -0.25) is 9.78 Å². The Balaban J connectivity index is 1.41. The van der Waals surface area contributed by atoms with Gasteiger partial charge >= 0.3 is 0 Å². The number of aromatic nitrogens is 2. The van der Waals surface area contributed by atoms with Gasteiger partial charge in [-0.15, -0.1) is 0 Å². The molecule has 3 heterocycles. The highest BCUT2D eigenvalue weighted by Gasteiger charge is 2.15. The van der Waals surface area contributed by atoms with E-state index < -0.39 is 0 Å². The van der Waals surface area contributed by atoms with Crippen molar-refractivity contribution < 1.29 is 9.53 Å². The van der Waals surface area contributed by atoms with Crippen LogP contribution in [0.3, 0.4) is 0 Å². The quantitative estimate of drug-likeness (QED) is 0.507. The average Bonchev–Trinajstić information content (AvgIpc) is 2.85. The van der Waals surface area contributed by atoms with Crippen molar-refractivity contribution in [3.05, 3.63) is 54.4 Å². The van der Waals surface area contributed by atoms with Crippen LogP contribution < -0.4 is 10.1 Å². The lowest BCUT2D eigenvalue weighted by Gasteiger charge is -2.32. The zero-order valence-corrected chi connectivity index (χ0v) is 19.6. The number of amides is 1. The van der Waals surface area contributed by atoms with Crippen molar-refractivity contribution in [1.29, 1.82) is 0 Å². The number of ether oxygens (including phenoxy) is 1. The van der Waals surface area contributed by atoms with Crippen LogP contribution in [0.4, 0.5) is 0 Å². The minimum absolute atomic E-state index is 0.0691. The molecule has 0 saturated carbocycles. The predicted molar refractivity (Wildman–Crippen MR) is 132 cm³/mol. The van der Waals surface area contributed by atoms with Crippen LogP contribution >= 0.6 is 0 Å². The van der Waals surface area contributed by atoms with Crippen molar-refractivity contribution in [2.45, 2.75) is 19.8 Å². The van der Waals surface area contributed by atoms with Gasteiger partial charge in [0.15, 0.2) is 0 Å². The Morgan fingerprint density at radius 3 is 2.64 bits per heavy atom. The lowest BCUT2D eigenvalue weighted by Crippen LogP contribution is -2.44. The molecule has 3 aromatic rings. The highest BCUT2D eigenvalue weighted by atomic mass is 16.5. The molecule has 0 unspecified atom stereocenters. The van der Waals surface area contributed by atoms with Crippen LogP contribution in [0.5, 0.6) is 5.75 Å². The molecule has 7 heteroatoms. The normalized spacial score (nSPS) is 15.0. The summed E-state index contributed by atoms with van der Waals surface area (Å²) >= 11 is 0. The minimum atomic E-state index is -0.0691. The van der Waals surface area contributed by atoms with Crippen LogP contribution in [0.25, 0.3) is 22.2 Å². The SMILES string of the molecule is CCOc1ccc(-c2cc(C(=O)NCCCCN3CCN(C)CC3)c3ccncc3n2)cc1. The number of piperazine rings is 1. The molecule has 1 aromatic carbocycles. The summed E-state index contributed by atoms with van der Waals surface area (Å²) in [5, 5.41) is 3.92. The maximum absolute atomic E-state index is 13.1. The topological polar surface area (TPSA) is 70.6 Å². The van der Waals surface area contributed by atoms with Crippen molar-refractivity contribution >= 4 is 16.8 Å². The molecule has 1 saturated heterocycles. The molecule has 0 spiro atoms. The summed E-state index contributed by atoms with van der Waals surface area (Å²) < 4.78 is 5.54. The van der Waals surface area contributed by atoms with Crippen molar-refractivity contribution in [3.63, 3.8) is 0 Å². The fourth-order valence-corrected chi connectivity index (χ4v) is 4.13. The summed E-state index contributed by atoms with van der Waals surface area (Å²) in [6.07, 6.45) is 5.46. The Kier molecular flexibility index (Phi) is 7.86. The average molecular weight is 448 g/mol. The van der Waals surface area contributed by atoms with E-state index in [1.165, 1.54) is 0 Å². The minimum Gasteiger partial charge on any atom is -0.494 e. The predicted octanol–water partition coefficient (Wildman–Crippen LogP) is 3.45. The summed E-state index contributed by atoms with van der Waals surface area (Å²) in [5.74, 6) is 0.749. The molecule has 1 aliphatic heterocycles. The summed E-state index contributed by atoms with van der Waals surface area (Å²) in [6.45, 7) is 8.88. The van der Waals surface area contributed by atoms with E-state index in [1.807, 2.05) is 43.3 Å². The molecule has 1 amide bonds. The van der Waals surface area contributed by atoms with E-state index in [2.05, 4.69) is 27.1 Å². The summed E-state index contributed by atoms with van der Waals surface area (Å²) in [4.78, 5) is 26.9. The van der Waals surface area contributed by atoms with Gasteiger partial charge in [-0.05, 0) is 69.8 Å². The number of hydrogen-bond acceptors (Lipinski definition) is 6. The van der Waals surface area contributed by atoms with Crippen LogP contribution in [0.1, 0.15) is 30.1 Å². The molecule has 7 nitrogen and oxygen atoms in total. The van der Waals surface area contributed by atoms with Gasteiger partial charge in [0.2, 0.25) is 0 Å². The van der Waals surface area contributed by atoms with E-state index in [1.54, 1.807) is 12.4 Å². The smallest absolute Gasteiger partial charge is 0.252 e. The Hall–Kier alpha value is -3.03. The number of pyridine rings is 2. The largest absolute Gasteiger partial charge is 0.494 e. The van der Waals surface area contributed by atoms with Crippen LogP contribution in [0.2, 0.25) is 0 Å². The summed E-state index contributed by atoms with van der Waals surface area (Å²) in [5.41, 5.74) is 3.03. The Morgan fingerprint density at radius 2 is 1.88 bits per heavy atom. The summed E-state index contributed by atoms with van der Waals surface area (Å²) in [7, 11) is 2.17. The molecule has 0 atom stereocenters. The van der Waals surface area contributed by atoms with Crippen LogP contribution in [0.15, 0.2) is 48.8 Å². The van der Waals surface area contributed by atoms with Gasteiger partial charge in [0, 0.05) is 49.9 Å².